The van der Waals surface area contributed by atoms with Crippen LogP contribution in [0.4, 0.5) is 5.82 Å². The van der Waals surface area contributed by atoms with Crippen molar-refractivity contribution in [2.45, 2.75) is 26.9 Å². The number of aromatic amines is 1. The van der Waals surface area contributed by atoms with Gasteiger partial charge in [-0.05, 0) is 35.5 Å². The van der Waals surface area contributed by atoms with Crippen LogP contribution in [-0.2, 0) is 17.7 Å². The molecule has 6 nitrogen and oxygen atoms in total. The number of nitrogens with one attached hydrogen (secondary N) is 2. The summed E-state index contributed by atoms with van der Waals surface area (Å²) >= 11 is 0. The molecular formula is C15H18BN3O3. The molecule has 2 aromatic rings. The summed E-state index contributed by atoms with van der Waals surface area (Å²) in [7, 11) is -0.953. The average Bonchev–Trinajstić information content (AvgIpc) is 3.05. The van der Waals surface area contributed by atoms with Gasteiger partial charge in [0.25, 0.3) is 5.91 Å². The van der Waals surface area contributed by atoms with Crippen LogP contribution >= 0.6 is 0 Å². The van der Waals surface area contributed by atoms with Crippen molar-refractivity contribution in [2.75, 3.05) is 5.32 Å². The molecule has 1 aromatic carbocycles. The molecule has 0 radical (unpaired) electrons. The highest BCUT2D eigenvalue weighted by Gasteiger charge is 2.28. The van der Waals surface area contributed by atoms with Crippen LogP contribution in [0.3, 0.4) is 0 Å². The SMILES string of the molecule is CC(C)Cc1cc(NC(=O)c2ccc3c(c2)B(O)OC3)n[nH]1. The highest BCUT2D eigenvalue weighted by atomic mass is 16.5. The number of hydrogen-bond acceptors (Lipinski definition) is 4. The maximum atomic E-state index is 12.3. The van der Waals surface area contributed by atoms with Gasteiger partial charge in [-0.1, -0.05) is 19.9 Å². The molecule has 3 rings (SSSR count). The second-order valence-electron chi connectivity index (χ2n) is 5.91. The summed E-state index contributed by atoms with van der Waals surface area (Å²) in [5.41, 5.74) is 3.01. The predicted molar refractivity (Wildman–Crippen MR) is 83.9 cm³/mol. The molecule has 0 unspecified atom stereocenters. The van der Waals surface area contributed by atoms with Gasteiger partial charge in [-0.3, -0.25) is 9.89 Å². The molecule has 0 atom stereocenters. The zero-order chi connectivity index (χ0) is 15.7. The number of amides is 1. The lowest BCUT2D eigenvalue weighted by molar-refractivity contribution is 0.102. The third-order valence-electron chi connectivity index (χ3n) is 3.57. The molecule has 1 aliphatic rings. The molecule has 3 N–H and O–H groups in total. The molecule has 114 valence electrons. The average molecular weight is 299 g/mol. The molecule has 22 heavy (non-hydrogen) atoms. The topological polar surface area (TPSA) is 87.2 Å². The fourth-order valence-electron chi connectivity index (χ4n) is 2.51. The Hall–Kier alpha value is -2.12. The number of aromatic nitrogens is 2. The lowest BCUT2D eigenvalue weighted by Gasteiger charge is -2.04. The largest absolute Gasteiger partial charge is 0.491 e. The molecule has 0 spiro atoms. The van der Waals surface area contributed by atoms with Gasteiger partial charge in [0, 0.05) is 17.3 Å². The first-order valence-corrected chi connectivity index (χ1v) is 7.31. The van der Waals surface area contributed by atoms with E-state index in [0.717, 1.165) is 17.7 Å². The fraction of sp³-hybridized carbons (Fsp3) is 0.333. The number of nitrogens with zero attached hydrogens (tertiary/aromatic N) is 1. The number of fused-ring (bicyclic) bond motifs is 1. The van der Waals surface area contributed by atoms with E-state index in [2.05, 4.69) is 29.4 Å². The first kappa shape index (κ1) is 14.8. The van der Waals surface area contributed by atoms with Gasteiger partial charge in [0.15, 0.2) is 5.82 Å². The van der Waals surface area contributed by atoms with E-state index in [1.807, 2.05) is 6.07 Å². The van der Waals surface area contributed by atoms with Gasteiger partial charge in [-0.25, -0.2) is 0 Å². The van der Waals surface area contributed by atoms with Crippen molar-refractivity contribution in [3.63, 3.8) is 0 Å². The molecule has 1 amide bonds. The van der Waals surface area contributed by atoms with Gasteiger partial charge in [0.2, 0.25) is 0 Å². The zero-order valence-corrected chi connectivity index (χ0v) is 12.6. The van der Waals surface area contributed by atoms with Crippen LogP contribution in [0.25, 0.3) is 0 Å². The summed E-state index contributed by atoms with van der Waals surface area (Å²) in [5, 5.41) is 19.5. The monoisotopic (exact) mass is 299 g/mol. The summed E-state index contributed by atoms with van der Waals surface area (Å²) in [4.78, 5) is 12.3. The van der Waals surface area contributed by atoms with Crippen LogP contribution in [0.15, 0.2) is 24.3 Å². The Morgan fingerprint density at radius 3 is 3.09 bits per heavy atom. The number of hydrogen-bond donors (Lipinski definition) is 3. The molecule has 7 heteroatoms. The van der Waals surface area contributed by atoms with E-state index in [0.29, 0.717) is 29.4 Å². The number of benzene rings is 1. The third kappa shape index (κ3) is 3.05. The van der Waals surface area contributed by atoms with Crippen molar-refractivity contribution in [2.24, 2.45) is 5.92 Å². The van der Waals surface area contributed by atoms with Gasteiger partial charge in [0.05, 0.1) is 6.61 Å². The van der Waals surface area contributed by atoms with Gasteiger partial charge in [-0.15, -0.1) is 0 Å². The van der Waals surface area contributed by atoms with E-state index in [1.54, 1.807) is 18.2 Å². The number of anilines is 1. The number of carbonyl (C=O) groups is 1. The van der Waals surface area contributed by atoms with Crippen molar-refractivity contribution in [1.82, 2.24) is 10.2 Å². The van der Waals surface area contributed by atoms with Crippen LogP contribution < -0.4 is 10.8 Å². The lowest BCUT2D eigenvalue weighted by atomic mass is 9.79. The van der Waals surface area contributed by atoms with E-state index in [9.17, 15) is 9.82 Å². The lowest BCUT2D eigenvalue weighted by Crippen LogP contribution is -2.29. The minimum absolute atomic E-state index is 0.260. The Morgan fingerprint density at radius 1 is 1.50 bits per heavy atom. The van der Waals surface area contributed by atoms with Gasteiger partial charge in [0.1, 0.15) is 0 Å². The number of rotatable bonds is 4. The molecule has 0 saturated heterocycles. The summed E-state index contributed by atoms with van der Waals surface area (Å²) in [6.07, 6.45) is 0.880. The quantitative estimate of drug-likeness (QED) is 0.737. The Bertz CT molecular complexity index is 699. The van der Waals surface area contributed by atoms with Gasteiger partial charge >= 0.3 is 7.12 Å². The number of carbonyl (C=O) groups excluding carboxylic acids is 1. The maximum absolute atomic E-state index is 12.3. The van der Waals surface area contributed by atoms with Crippen LogP contribution in [0.5, 0.6) is 0 Å². The zero-order valence-electron chi connectivity index (χ0n) is 12.6. The number of H-pyrrole nitrogens is 1. The summed E-state index contributed by atoms with van der Waals surface area (Å²) < 4.78 is 5.12. The maximum Gasteiger partial charge on any atom is 0.491 e. The van der Waals surface area contributed by atoms with Crippen molar-refractivity contribution >= 4 is 24.3 Å². The molecule has 1 aliphatic heterocycles. The fourth-order valence-corrected chi connectivity index (χ4v) is 2.51. The van der Waals surface area contributed by atoms with E-state index in [-0.39, 0.29) is 5.91 Å². The molecule has 0 saturated carbocycles. The molecule has 0 bridgehead atoms. The van der Waals surface area contributed by atoms with Crippen LogP contribution in [0.1, 0.15) is 35.5 Å². The first-order valence-electron chi connectivity index (χ1n) is 7.31. The highest BCUT2D eigenvalue weighted by Crippen LogP contribution is 2.14. The second-order valence-corrected chi connectivity index (χ2v) is 5.91. The Labute approximate surface area is 129 Å². The standard InChI is InChI=1S/C15H18BN3O3/c1-9(2)5-12-7-14(19-18-12)17-15(20)10-3-4-11-8-22-16(21)13(11)6-10/h3-4,6-7,9,21H,5,8H2,1-2H3,(H2,17,18,19,20). The van der Waals surface area contributed by atoms with E-state index >= 15 is 0 Å². The molecule has 0 fully saturated rings. The minimum atomic E-state index is -0.953. The van der Waals surface area contributed by atoms with E-state index in [4.69, 9.17) is 4.65 Å². The van der Waals surface area contributed by atoms with Crippen LogP contribution in [-0.4, -0.2) is 28.2 Å². The van der Waals surface area contributed by atoms with Crippen molar-refractivity contribution in [3.8, 4) is 0 Å². The van der Waals surface area contributed by atoms with Crippen molar-refractivity contribution in [3.05, 3.63) is 41.1 Å². The first-order chi connectivity index (χ1) is 10.5. The Morgan fingerprint density at radius 2 is 2.32 bits per heavy atom. The third-order valence-corrected chi connectivity index (χ3v) is 3.57. The van der Waals surface area contributed by atoms with Gasteiger partial charge < -0.3 is 15.0 Å². The Balaban J connectivity index is 1.72. The molecule has 0 aliphatic carbocycles. The van der Waals surface area contributed by atoms with Crippen molar-refractivity contribution < 1.29 is 14.5 Å². The Kier molecular flexibility index (Phi) is 4.00. The smallest absolute Gasteiger partial charge is 0.423 e. The summed E-state index contributed by atoms with van der Waals surface area (Å²) in [6.45, 7) is 4.62. The van der Waals surface area contributed by atoms with Crippen molar-refractivity contribution in [1.29, 1.82) is 0 Å². The highest BCUT2D eigenvalue weighted by molar-refractivity contribution is 6.61. The molecule has 2 heterocycles. The second kappa shape index (κ2) is 5.94. The molecular weight excluding hydrogens is 281 g/mol. The van der Waals surface area contributed by atoms with E-state index in [1.165, 1.54) is 0 Å². The van der Waals surface area contributed by atoms with Crippen LogP contribution in [0, 0.1) is 5.92 Å². The van der Waals surface area contributed by atoms with Gasteiger partial charge in [-0.2, -0.15) is 5.10 Å². The summed E-state index contributed by atoms with van der Waals surface area (Å²) in [6, 6.07) is 7.01. The predicted octanol–water partition coefficient (Wildman–Crippen LogP) is 1.08. The molecule has 1 aromatic heterocycles. The van der Waals surface area contributed by atoms with Crippen LogP contribution in [0.2, 0.25) is 0 Å². The van der Waals surface area contributed by atoms with E-state index < -0.39 is 7.12 Å². The summed E-state index contributed by atoms with van der Waals surface area (Å²) in [5.74, 6) is 0.754. The normalized spacial score (nSPS) is 13.5. The minimum Gasteiger partial charge on any atom is -0.423 e.